The maximum atomic E-state index is 12.7. The minimum absolute atomic E-state index is 0.0882. The molecule has 26 heavy (non-hydrogen) atoms. The van der Waals surface area contributed by atoms with E-state index in [0.29, 0.717) is 12.5 Å². The van der Waals surface area contributed by atoms with Crippen LogP contribution in [0.4, 0.5) is 0 Å². The predicted molar refractivity (Wildman–Crippen MR) is 100 cm³/mol. The Kier molecular flexibility index (Phi) is 4.52. The van der Waals surface area contributed by atoms with Gasteiger partial charge in [0.15, 0.2) is 0 Å². The van der Waals surface area contributed by atoms with Gasteiger partial charge in [-0.05, 0) is 26.7 Å². The van der Waals surface area contributed by atoms with E-state index in [1.54, 1.807) is 22.3 Å². The molecule has 4 heterocycles. The highest BCUT2D eigenvalue weighted by atomic mass is 32.1. The Morgan fingerprint density at radius 1 is 1.35 bits per heavy atom. The van der Waals surface area contributed by atoms with E-state index in [1.807, 2.05) is 11.8 Å². The molecule has 0 spiro atoms. The summed E-state index contributed by atoms with van der Waals surface area (Å²) in [6, 6.07) is 0. The molecule has 3 aromatic rings. The first-order valence-electron chi connectivity index (χ1n) is 9.09. The van der Waals surface area contributed by atoms with Crippen molar-refractivity contribution in [1.82, 2.24) is 29.0 Å². The number of carbonyl (C=O) groups is 1. The summed E-state index contributed by atoms with van der Waals surface area (Å²) in [5, 5.41) is 6.29. The summed E-state index contributed by atoms with van der Waals surface area (Å²) in [5.74, 6) is 1.62. The average Bonchev–Trinajstić information content (AvgIpc) is 3.35. The molecule has 0 aromatic carbocycles. The van der Waals surface area contributed by atoms with Gasteiger partial charge in [-0.15, -0.1) is 11.3 Å². The van der Waals surface area contributed by atoms with Gasteiger partial charge in [-0.1, -0.05) is 6.92 Å². The molecule has 1 saturated heterocycles. The minimum atomic E-state index is -0.0882. The first-order chi connectivity index (χ1) is 12.5. The molecule has 8 heteroatoms. The summed E-state index contributed by atoms with van der Waals surface area (Å²) in [4.78, 5) is 24.8. The van der Waals surface area contributed by atoms with Gasteiger partial charge in [0.2, 0.25) is 5.91 Å². The van der Waals surface area contributed by atoms with Crippen molar-refractivity contribution in [2.45, 2.75) is 46.1 Å². The van der Waals surface area contributed by atoms with Crippen molar-refractivity contribution in [1.29, 1.82) is 0 Å². The van der Waals surface area contributed by atoms with E-state index in [-0.39, 0.29) is 11.8 Å². The maximum absolute atomic E-state index is 12.7. The van der Waals surface area contributed by atoms with Crippen LogP contribution in [0.5, 0.6) is 0 Å². The van der Waals surface area contributed by atoms with E-state index < -0.39 is 0 Å². The highest BCUT2D eigenvalue weighted by molar-refractivity contribution is 7.15. The van der Waals surface area contributed by atoms with Gasteiger partial charge in [-0.3, -0.25) is 13.9 Å². The van der Waals surface area contributed by atoms with Crippen LogP contribution >= 0.6 is 11.3 Å². The maximum Gasteiger partial charge on any atom is 0.227 e. The van der Waals surface area contributed by atoms with E-state index in [0.717, 1.165) is 31.8 Å². The standard InChI is InChI=1S/C18H24N6OS/c1-12(8-23-11-19-10-20-23)17(25)22-6-4-15(5-7-22)16-18-24(14(3)21-16)13(2)9-26-18/h9-12,15H,4-8H2,1-3H3/t12-/m0/s1. The van der Waals surface area contributed by atoms with Crippen molar-refractivity contribution < 1.29 is 4.79 Å². The number of piperidine rings is 1. The normalized spacial score (nSPS) is 17.1. The quantitative estimate of drug-likeness (QED) is 0.706. The number of hydrogen-bond acceptors (Lipinski definition) is 5. The van der Waals surface area contributed by atoms with Crippen molar-refractivity contribution in [3.8, 4) is 0 Å². The molecule has 0 aliphatic carbocycles. The molecule has 0 bridgehead atoms. The van der Waals surface area contributed by atoms with Crippen molar-refractivity contribution in [3.63, 3.8) is 0 Å². The van der Waals surface area contributed by atoms with Gasteiger partial charge in [0.05, 0.1) is 18.2 Å². The number of carbonyl (C=O) groups excluding carboxylic acids is 1. The van der Waals surface area contributed by atoms with Gasteiger partial charge in [0.25, 0.3) is 0 Å². The second-order valence-electron chi connectivity index (χ2n) is 7.18. The molecule has 0 radical (unpaired) electrons. The summed E-state index contributed by atoms with van der Waals surface area (Å²) in [6.07, 6.45) is 5.11. The number of aromatic nitrogens is 5. The lowest BCUT2D eigenvalue weighted by Crippen LogP contribution is -2.41. The van der Waals surface area contributed by atoms with E-state index in [2.05, 4.69) is 33.7 Å². The van der Waals surface area contributed by atoms with Gasteiger partial charge in [0.1, 0.15) is 23.3 Å². The molecule has 1 fully saturated rings. The smallest absolute Gasteiger partial charge is 0.227 e. The summed E-state index contributed by atoms with van der Waals surface area (Å²) >= 11 is 1.77. The largest absolute Gasteiger partial charge is 0.342 e. The van der Waals surface area contributed by atoms with Crippen molar-refractivity contribution in [2.75, 3.05) is 13.1 Å². The zero-order valence-electron chi connectivity index (χ0n) is 15.4. The molecule has 1 aliphatic heterocycles. The van der Waals surface area contributed by atoms with Crippen LogP contribution in [0.2, 0.25) is 0 Å². The third-order valence-electron chi connectivity index (χ3n) is 5.26. The minimum Gasteiger partial charge on any atom is -0.342 e. The van der Waals surface area contributed by atoms with Crippen molar-refractivity contribution in [2.24, 2.45) is 5.92 Å². The first-order valence-corrected chi connectivity index (χ1v) is 9.96. The summed E-state index contributed by atoms with van der Waals surface area (Å²) in [7, 11) is 0. The molecule has 1 atom stereocenters. The number of rotatable bonds is 4. The molecule has 138 valence electrons. The van der Waals surface area contributed by atoms with Crippen molar-refractivity contribution >= 4 is 22.1 Å². The Labute approximate surface area is 156 Å². The van der Waals surface area contributed by atoms with Crippen LogP contribution < -0.4 is 0 Å². The van der Waals surface area contributed by atoms with Crippen LogP contribution in [0.25, 0.3) is 4.83 Å². The second kappa shape index (κ2) is 6.83. The van der Waals surface area contributed by atoms with Crippen LogP contribution in [-0.2, 0) is 11.3 Å². The number of likely N-dealkylation sites (tertiary alicyclic amines) is 1. The Morgan fingerprint density at radius 3 is 2.81 bits per heavy atom. The molecule has 4 rings (SSSR count). The van der Waals surface area contributed by atoms with Gasteiger partial charge in [-0.2, -0.15) is 5.10 Å². The lowest BCUT2D eigenvalue weighted by atomic mass is 9.93. The van der Waals surface area contributed by atoms with Gasteiger partial charge >= 0.3 is 0 Å². The lowest BCUT2D eigenvalue weighted by Gasteiger charge is -2.33. The van der Waals surface area contributed by atoms with Crippen LogP contribution in [0.3, 0.4) is 0 Å². The fourth-order valence-electron chi connectivity index (χ4n) is 3.89. The monoisotopic (exact) mass is 372 g/mol. The molecular weight excluding hydrogens is 348 g/mol. The van der Waals surface area contributed by atoms with Gasteiger partial charge in [-0.25, -0.2) is 9.97 Å². The highest BCUT2D eigenvalue weighted by Crippen LogP contribution is 2.34. The average molecular weight is 372 g/mol. The molecule has 1 amide bonds. The van der Waals surface area contributed by atoms with Crippen LogP contribution in [-0.4, -0.2) is 48.0 Å². The Balaban J connectivity index is 1.41. The zero-order valence-corrected chi connectivity index (χ0v) is 16.2. The first kappa shape index (κ1) is 17.2. The van der Waals surface area contributed by atoms with E-state index in [1.165, 1.54) is 22.5 Å². The third kappa shape index (κ3) is 3.02. The van der Waals surface area contributed by atoms with E-state index in [9.17, 15) is 4.79 Å². The topological polar surface area (TPSA) is 68.3 Å². The van der Waals surface area contributed by atoms with Crippen LogP contribution in [0, 0.1) is 19.8 Å². The van der Waals surface area contributed by atoms with E-state index >= 15 is 0 Å². The number of fused-ring (bicyclic) bond motifs is 1. The van der Waals surface area contributed by atoms with Crippen LogP contribution in [0.1, 0.15) is 42.9 Å². The number of thiazole rings is 1. The third-order valence-corrected chi connectivity index (χ3v) is 6.34. The Hall–Kier alpha value is -2.22. The van der Waals surface area contributed by atoms with Gasteiger partial charge in [0, 0.05) is 30.1 Å². The molecule has 0 N–H and O–H groups in total. The molecular formula is C18H24N6OS. The van der Waals surface area contributed by atoms with E-state index in [4.69, 9.17) is 4.98 Å². The Morgan fingerprint density at radius 2 is 2.12 bits per heavy atom. The summed E-state index contributed by atoms with van der Waals surface area (Å²) in [6.45, 7) is 8.34. The Bertz CT molecular complexity index is 904. The summed E-state index contributed by atoms with van der Waals surface area (Å²) in [5.41, 5.74) is 2.46. The fraction of sp³-hybridized carbons (Fsp3) is 0.556. The molecule has 0 saturated carbocycles. The molecule has 7 nitrogen and oxygen atoms in total. The number of hydrogen-bond donors (Lipinski definition) is 0. The molecule has 0 unspecified atom stereocenters. The predicted octanol–water partition coefficient (Wildman–Crippen LogP) is 2.65. The SMILES string of the molecule is Cc1csc2c(C3CCN(C(=O)[C@@H](C)Cn4cncn4)CC3)nc(C)n12. The fourth-order valence-corrected chi connectivity index (χ4v) is 4.99. The van der Waals surface area contributed by atoms with Crippen molar-refractivity contribution in [3.05, 3.63) is 35.2 Å². The second-order valence-corrected chi connectivity index (χ2v) is 8.04. The van der Waals surface area contributed by atoms with Gasteiger partial charge < -0.3 is 4.90 Å². The lowest BCUT2D eigenvalue weighted by molar-refractivity contribution is -0.136. The number of aryl methyl sites for hydroxylation is 2. The number of nitrogens with zero attached hydrogens (tertiary/aromatic N) is 6. The zero-order chi connectivity index (χ0) is 18.3. The molecule has 3 aromatic heterocycles. The molecule has 1 aliphatic rings. The number of amides is 1. The highest BCUT2D eigenvalue weighted by Gasteiger charge is 2.29. The summed E-state index contributed by atoms with van der Waals surface area (Å²) < 4.78 is 3.97. The number of imidazole rings is 1. The van der Waals surface area contributed by atoms with Crippen LogP contribution in [0.15, 0.2) is 18.0 Å².